The number of hydrogen-bond acceptors (Lipinski definition) is 2. The van der Waals surface area contributed by atoms with E-state index in [1.165, 1.54) is 0 Å². The second-order valence-corrected chi connectivity index (χ2v) is 7.45. The van der Waals surface area contributed by atoms with Gasteiger partial charge in [0.25, 0.3) is 10.1 Å². The normalized spacial score (nSPS) is 24.9. The molecule has 0 saturated heterocycles. The monoisotopic (exact) mass is 290 g/mol. The van der Waals surface area contributed by atoms with Crippen molar-refractivity contribution in [3.05, 3.63) is 0 Å². The maximum absolute atomic E-state index is 10.9. The molecule has 1 aliphatic rings. The van der Waals surface area contributed by atoms with Gasteiger partial charge >= 0.3 is 0 Å². The summed E-state index contributed by atoms with van der Waals surface area (Å²) >= 11 is 1.86. The van der Waals surface area contributed by atoms with E-state index in [2.05, 4.69) is 0 Å². The summed E-state index contributed by atoms with van der Waals surface area (Å²) in [5.41, 5.74) is 0. The molecule has 1 aliphatic carbocycles. The highest BCUT2D eigenvalue weighted by Gasteiger charge is 2.40. The quantitative estimate of drug-likeness (QED) is 0.456. The van der Waals surface area contributed by atoms with Crippen LogP contribution in [-0.2, 0) is 10.1 Å². The van der Waals surface area contributed by atoms with Crippen LogP contribution in [0.2, 0.25) is 0 Å². The average molecular weight is 290 g/mol. The average Bonchev–Trinajstić information content (AvgIpc) is 1.87. The van der Waals surface area contributed by atoms with Crippen molar-refractivity contribution in [2.45, 2.75) is 34.9 Å². The van der Waals surface area contributed by atoms with Crippen LogP contribution in [0.5, 0.6) is 0 Å². The Balaban J connectivity index is 2.81. The first-order chi connectivity index (χ1) is 4.96. The fourth-order valence-electron chi connectivity index (χ4n) is 1.34. The van der Waals surface area contributed by atoms with Gasteiger partial charge in [0.2, 0.25) is 0 Å². The van der Waals surface area contributed by atoms with Gasteiger partial charge in [0.1, 0.15) is 2.75 Å². The van der Waals surface area contributed by atoms with Crippen molar-refractivity contribution < 1.29 is 13.0 Å². The van der Waals surface area contributed by atoms with Crippen LogP contribution in [0.1, 0.15) is 32.1 Å². The summed E-state index contributed by atoms with van der Waals surface area (Å²) in [6.07, 6.45) is 4.07. The standard InChI is InChI=1S/C6H11IO3S/c7-6(11(8,9)10)4-2-1-3-5-6/h1-5H2,(H,8,9,10). The maximum Gasteiger partial charge on any atom is 0.280 e. The fourth-order valence-corrected chi connectivity index (χ4v) is 2.91. The van der Waals surface area contributed by atoms with E-state index in [-0.39, 0.29) is 0 Å². The van der Waals surface area contributed by atoms with Gasteiger partial charge in [0, 0.05) is 0 Å². The van der Waals surface area contributed by atoms with Gasteiger partial charge in [-0.1, -0.05) is 41.9 Å². The lowest BCUT2D eigenvalue weighted by Gasteiger charge is -2.27. The molecule has 1 rings (SSSR count). The van der Waals surface area contributed by atoms with E-state index < -0.39 is 12.9 Å². The minimum absolute atomic E-state index is 0.590. The summed E-state index contributed by atoms with van der Waals surface area (Å²) in [4.78, 5) is 0. The van der Waals surface area contributed by atoms with Crippen molar-refractivity contribution in [2.24, 2.45) is 0 Å². The highest BCUT2D eigenvalue weighted by molar-refractivity contribution is 14.1. The van der Waals surface area contributed by atoms with Crippen molar-refractivity contribution in [3.63, 3.8) is 0 Å². The van der Waals surface area contributed by atoms with Crippen LogP contribution in [-0.4, -0.2) is 15.7 Å². The molecule has 0 heterocycles. The Hall–Kier alpha value is 0.640. The second kappa shape index (κ2) is 3.18. The minimum Gasteiger partial charge on any atom is -0.285 e. The third kappa shape index (κ3) is 2.06. The lowest BCUT2D eigenvalue weighted by atomic mass is 10.0. The third-order valence-corrected chi connectivity index (χ3v) is 6.14. The number of alkyl halides is 1. The van der Waals surface area contributed by atoms with Gasteiger partial charge in [0.15, 0.2) is 0 Å². The van der Waals surface area contributed by atoms with Crippen molar-refractivity contribution in [2.75, 3.05) is 0 Å². The molecule has 11 heavy (non-hydrogen) atoms. The summed E-state index contributed by atoms with van der Waals surface area (Å²) in [5, 5.41) is 0. The van der Waals surface area contributed by atoms with Crippen LogP contribution < -0.4 is 0 Å². The summed E-state index contributed by atoms with van der Waals surface area (Å²) in [7, 11) is -3.84. The second-order valence-electron chi connectivity index (χ2n) is 2.92. The number of halogens is 1. The summed E-state index contributed by atoms with van der Waals surface area (Å²) < 4.78 is 29.7. The predicted octanol–water partition coefficient (Wildman–Crippen LogP) is 1.97. The van der Waals surface area contributed by atoms with Crippen LogP contribution in [0.4, 0.5) is 0 Å². The lowest BCUT2D eigenvalue weighted by molar-refractivity contribution is 0.417. The molecule has 66 valence electrons. The minimum atomic E-state index is -3.84. The van der Waals surface area contributed by atoms with E-state index in [4.69, 9.17) is 4.55 Å². The predicted molar refractivity (Wildman–Crippen MR) is 51.4 cm³/mol. The highest BCUT2D eigenvalue weighted by atomic mass is 127. The molecule has 0 aromatic heterocycles. The van der Waals surface area contributed by atoms with Gasteiger partial charge in [-0.25, -0.2) is 0 Å². The topological polar surface area (TPSA) is 54.4 Å². The van der Waals surface area contributed by atoms with E-state index in [9.17, 15) is 8.42 Å². The fraction of sp³-hybridized carbons (Fsp3) is 1.00. The molecule has 0 unspecified atom stereocenters. The Morgan fingerprint density at radius 3 is 1.91 bits per heavy atom. The van der Waals surface area contributed by atoms with Crippen LogP contribution in [0.25, 0.3) is 0 Å². The van der Waals surface area contributed by atoms with E-state index in [0.717, 1.165) is 19.3 Å². The molecule has 0 radical (unpaired) electrons. The number of rotatable bonds is 1. The first-order valence-corrected chi connectivity index (χ1v) is 6.13. The van der Waals surface area contributed by atoms with Gasteiger partial charge in [-0.05, 0) is 12.8 Å². The van der Waals surface area contributed by atoms with Crippen molar-refractivity contribution in [1.29, 1.82) is 0 Å². The third-order valence-electron chi connectivity index (χ3n) is 2.06. The Morgan fingerprint density at radius 1 is 1.18 bits per heavy atom. The first-order valence-electron chi connectivity index (χ1n) is 3.62. The van der Waals surface area contributed by atoms with E-state index in [1.807, 2.05) is 22.6 Å². The van der Waals surface area contributed by atoms with Crippen LogP contribution in [0.15, 0.2) is 0 Å². The molecule has 1 N–H and O–H groups in total. The smallest absolute Gasteiger partial charge is 0.280 e. The van der Waals surface area contributed by atoms with Gasteiger partial charge in [-0.2, -0.15) is 8.42 Å². The number of hydrogen-bond donors (Lipinski definition) is 1. The zero-order chi connectivity index (χ0) is 8.54. The van der Waals surface area contributed by atoms with Crippen molar-refractivity contribution in [1.82, 2.24) is 0 Å². The Bertz CT molecular complexity index is 228. The van der Waals surface area contributed by atoms with E-state index in [0.29, 0.717) is 12.8 Å². The van der Waals surface area contributed by atoms with Gasteiger partial charge in [0.05, 0.1) is 0 Å². The molecule has 0 aromatic rings. The zero-order valence-corrected chi connectivity index (χ0v) is 9.06. The van der Waals surface area contributed by atoms with Crippen LogP contribution in [0.3, 0.4) is 0 Å². The van der Waals surface area contributed by atoms with E-state index >= 15 is 0 Å². The molecular weight excluding hydrogens is 279 g/mol. The van der Waals surface area contributed by atoms with Crippen molar-refractivity contribution >= 4 is 32.7 Å². The molecule has 1 saturated carbocycles. The molecule has 0 atom stereocenters. The Labute approximate surface area is 80.4 Å². The molecule has 0 bridgehead atoms. The maximum atomic E-state index is 10.9. The highest BCUT2D eigenvalue weighted by Crippen LogP contribution is 2.40. The lowest BCUT2D eigenvalue weighted by Crippen LogP contribution is -2.33. The molecule has 3 nitrogen and oxygen atoms in total. The zero-order valence-electron chi connectivity index (χ0n) is 6.09. The van der Waals surface area contributed by atoms with Gasteiger partial charge in [-0.15, -0.1) is 0 Å². The van der Waals surface area contributed by atoms with Gasteiger partial charge < -0.3 is 0 Å². The molecule has 0 aromatic carbocycles. The molecule has 5 heteroatoms. The molecule has 0 amide bonds. The largest absolute Gasteiger partial charge is 0.285 e. The molecular formula is C6H11IO3S. The molecule has 0 aliphatic heterocycles. The molecule has 0 spiro atoms. The molecule has 1 fully saturated rings. The summed E-state index contributed by atoms with van der Waals surface area (Å²) in [6.45, 7) is 0. The van der Waals surface area contributed by atoms with Crippen LogP contribution >= 0.6 is 22.6 Å². The Kier molecular flexibility index (Phi) is 2.81. The summed E-state index contributed by atoms with van der Waals surface area (Å²) in [5.74, 6) is 0. The first kappa shape index (κ1) is 9.73. The van der Waals surface area contributed by atoms with Crippen molar-refractivity contribution in [3.8, 4) is 0 Å². The van der Waals surface area contributed by atoms with Crippen LogP contribution in [0, 0.1) is 0 Å². The Morgan fingerprint density at radius 2 is 1.64 bits per heavy atom. The SMILES string of the molecule is O=S(=O)(O)C1(I)CCCCC1. The summed E-state index contributed by atoms with van der Waals surface area (Å²) in [6, 6.07) is 0. The van der Waals surface area contributed by atoms with E-state index in [1.54, 1.807) is 0 Å². The van der Waals surface area contributed by atoms with Gasteiger partial charge in [-0.3, -0.25) is 4.55 Å².